The number of hydrogen-bond acceptors (Lipinski definition) is 2. The van der Waals surface area contributed by atoms with E-state index in [0.29, 0.717) is 0 Å². The Hall–Kier alpha value is -1.17. The SMILES string of the molecule is Cc1cc([Te]c2cc(C)c(N)c(C)c2)cc(C)c1N. The van der Waals surface area contributed by atoms with Crippen molar-refractivity contribution < 1.29 is 0 Å². The van der Waals surface area contributed by atoms with Gasteiger partial charge in [0, 0.05) is 0 Å². The molecule has 2 rings (SSSR count). The van der Waals surface area contributed by atoms with Gasteiger partial charge >= 0.3 is 125 Å². The molecular formula is C16H20N2Te. The standard InChI is InChI=1S/C16H20N2Te/c1-9-5-13(6-10(2)15(9)17)19-14-7-11(3)16(18)12(4)8-14/h5-8H,17-18H2,1-4H3. The van der Waals surface area contributed by atoms with Crippen LogP contribution in [0.5, 0.6) is 0 Å². The van der Waals surface area contributed by atoms with Gasteiger partial charge in [-0.15, -0.1) is 0 Å². The third-order valence-electron chi connectivity index (χ3n) is 3.37. The van der Waals surface area contributed by atoms with Gasteiger partial charge in [-0.3, -0.25) is 0 Å². The fourth-order valence-corrected chi connectivity index (χ4v) is 5.59. The number of hydrogen-bond donors (Lipinski definition) is 2. The van der Waals surface area contributed by atoms with E-state index in [1.807, 2.05) is 0 Å². The van der Waals surface area contributed by atoms with Gasteiger partial charge in [-0.1, -0.05) is 0 Å². The van der Waals surface area contributed by atoms with Gasteiger partial charge in [-0.25, -0.2) is 0 Å². The first-order chi connectivity index (χ1) is 8.88. The summed E-state index contributed by atoms with van der Waals surface area (Å²) in [6, 6.07) is 8.91. The fourth-order valence-electron chi connectivity index (χ4n) is 2.12. The monoisotopic (exact) mass is 370 g/mol. The summed E-state index contributed by atoms with van der Waals surface area (Å²) in [6.07, 6.45) is 0. The number of anilines is 2. The molecule has 0 aliphatic rings. The van der Waals surface area contributed by atoms with Crippen molar-refractivity contribution in [3.63, 3.8) is 0 Å². The molecule has 0 atom stereocenters. The zero-order valence-electron chi connectivity index (χ0n) is 11.9. The molecule has 3 heteroatoms. The molecular weight excluding hydrogens is 348 g/mol. The number of nitrogens with two attached hydrogens (primary N) is 2. The van der Waals surface area contributed by atoms with E-state index < -0.39 is 0 Å². The Morgan fingerprint density at radius 2 is 0.895 bits per heavy atom. The fraction of sp³-hybridized carbons (Fsp3) is 0.250. The molecule has 100 valence electrons. The molecule has 0 amide bonds. The molecule has 0 spiro atoms. The van der Waals surface area contributed by atoms with Crippen LogP contribution in [0, 0.1) is 27.7 Å². The molecule has 2 aromatic rings. The van der Waals surface area contributed by atoms with Crippen molar-refractivity contribution in [1.29, 1.82) is 0 Å². The molecule has 0 heterocycles. The molecule has 19 heavy (non-hydrogen) atoms. The second-order valence-corrected chi connectivity index (χ2v) is 8.32. The van der Waals surface area contributed by atoms with E-state index in [2.05, 4.69) is 52.0 Å². The molecule has 0 aliphatic heterocycles. The summed E-state index contributed by atoms with van der Waals surface area (Å²) < 4.78 is 2.86. The van der Waals surface area contributed by atoms with Crippen LogP contribution in [0.2, 0.25) is 0 Å². The van der Waals surface area contributed by atoms with Gasteiger partial charge in [0.2, 0.25) is 0 Å². The Labute approximate surface area is 125 Å². The van der Waals surface area contributed by atoms with Gasteiger partial charge in [-0.2, -0.15) is 0 Å². The summed E-state index contributed by atoms with van der Waals surface area (Å²) in [4.78, 5) is 0. The van der Waals surface area contributed by atoms with Crippen LogP contribution >= 0.6 is 0 Å². The van der Waals surface area contributed by atoms with Crippen LogP contribution in [0.25, 0.3) is 0 Å². The molecule has 2 aromatic carbocycles. The molecule has 2 nitrogen and oxygen atoms in total. The van der Waals surface area contributed by atoms with Gasteiger partial charge in [0.1, 0.15) is 0 Å². The van der Waals surface area contributed by atoms with Crippen LogP contribution in [-0.4, -0.2) is 20.9 Å². The number of nitrogen functional groups attached to an aromatic ring is 2. The summed E-state index contributed by atoms with van der Waals surface area (Å²) in [7, 11) is 0. The van der Waals surface area contributed by atoms with E-state index in [1.54, 1.807) is 0 Å². The third kappa shape index (κ3) is 3.05. The van der Waals surface area contributed by atoms with E-state index in [1.165, 1.54) is 29.5 Å². The van der Waals surface area contributed by atoms with Gasteiger partial charge in [0.05, 0.1) is 0 Å². The maximum absolute atomic E-state index is 6.01. The average Bonchev–Trinajstić information content (AvgIpc) is 2.33. The van der Waals surface area contributed by atoms with E-state index >= 15 is 0 Å². The predicted octanol–water partition coefficient (Wildman–Crippen LogP) is 1.74. The third-order valence-corrected chi connectivity index (χ3v) is 6.06. The van der Waals surface area contributed by atoms with Crippen molar-refractivity contribution in [1.82, 2.24) is 0 Å². The van der Waals surface area contributed by atoms with Crippen molar-refractivity contribution in [2.75, 3.05) is 11.5 Å². The Bertz CT molecular complexity index is 531. The Balaban J connectivity index is 2.36. The van der Waals surface area contributed by atoms with Crippen LogP contribution in [0.3, 0.4) is 0 Å². The summed E-state index contributed by atoms with van der Waals surface area (Å²) in [6.45, 7) is 8.33. The van der Waals surface area contributed by atoms with E-state index in [-0.39, 0.29) is 20.9 Å². The first kappa shape index (κ1) is 14.2. The van der Waals surface area contributed by atoms with Crippen LogP contribution in [0.15, 0.2) is 24.3 Å². The van der Waals surface area contributed by atoms with Crippen LogP contribution in [0.1, 0.15) is 22.3 Å². The van der Waals surface area contributed by atoms with E-state index in [0.717, 1.165) is 11.4 Å². The first-order valence-electron chi connectivity index (χ1n) is 6.29. The van der Waals surface area contributed by atoms with Crippen LogP contribution in [0.4, 0.5) is 11.4 Å². The van der Waals surface area contributed by atoms with Crippen molar-refractivity contribution in [2.45, 2.75) is 27.7 Å². The van der Waals surface area contributed by atoms with Gasteiger partial charge in [0.15, 0.2) is 0 Å². The Morgan fingerprint density at radius 1 is 0.632 bits per heavy atom. The summed E-state index contributed by atoms with van der Waals surface area (Å²) in [5.74, 6) is 0. The zero-order chi connectivity index (χ0) is 14.2. The maximum atomic E-state index is 6.01. The topological polar surface area (TPSA) is 52.0 Å². The van der Waals surface area contributed by atoms with Crippen LogP contribution in [-0.2, 0) is 0 Å². The minimum atomic E-state index is -0.374. The molecule has 0 aliphatic carbocycles. The Morgan fingerprint density at radius 3 is 1.16 bits per heavy atom. The molecule has 0 fully saturated rings. The Kier molecular flexibility index (Phi) is 4.08. The van der Waals surface area contributed by atoms with Crippen molar-refractivity contribution in [3.05, 3.63) is 46.5 Å². The minimum absolute atomic E-state index is 0.374. The van der Waals surface area contributed by atoms with Crippen molar-refractivity contribution in [3.8, 4) is 0 Å². The molecule has 0 saturated carbocycles. The van der Waals surface area contributed by atoms with Gasteiger partial charge in [-0.05, 0) is 0 Å². The van der Waals surface area contributed by atoms with Gasteiger partial charge in [0.25, 0.3) is 0 Å². The summed E-state index contributed by atoms with van der Waals surface area (Å²) in [5.41, 5.74) is 18.6. The first-order valence-corrected chi connectivity index (χ1v) is 8.63. The molecule has 0 bridgehead atoms. The normalized spacial score (nSPS) is 10.7. The number of aryl methyl sites for hydroxylation is 4. The van der Waals surface area contributed by atoms with Crippen molar-refractivity contribution >= 4 is 39.5 Å². The second kappa shape index (κ2) is 5.45. The molecule has 4 N–H and O–H groups in total. The van der Waals surface area contributed by atoms with Crippen molar-refractivity contribution in [2.24, 2.45) is 0 Å². The molecule has 0 saturated heterocycles. The quantitative estimate of drug-likeness (QED) is 0.627. The molecule has 0 unspecified atom stereocenters. The molecule has 0 aromatic heterocycles. The number of rotatable bonds is 2. The average molecular weight is 368 g/mol. The number of benzene rings is 2. The van der Waals surface area contributed by atoms with E-state index in [9.17, 15) is 0 Å². The van der Waals surface area contributed by atoms with E-state index in [4.69, 9.17) is 11.5 Å². The zero-order valence-corrected chi connectivity index (χ0v) is 14.2. The summed E-state index contributed by atoms with van der Waals surface area (Å²) in [5, 5.41) is 0. The predicted molar refractivity (Wildman–Crippen MR) is 85.7 cm³/mol. The summed E-state index contributed by atoms with van der Waals surface area (Å²) >= 11 is -0.374. The molecule has 0 radical (unpaired) electrons. The van der Waals surface area contributed by atoms with Gasteiger partial charge < -0.3 is 0 Å². The van der Waals surface area contributed by atoms with Crippen LogP contribution < -0.4 is 18.7 Å². The second-order valence-electron chi connectivity index (χ2n) is 5.04.